The number of non-ortho nitro benzene ring substituents is 1. The number of allylic oxidation sites excluding steroid dienone is 2. The SMILES string of the molecule is COC1(C2=CC3=Cc4cccc2c43)C2CCN(C(=O)OC(C)(C)C)[C@@H]3C(=O)C([C@H]23)[N+]1(Cc1ccc([N+](=O)[O-])cc1)C(=O)[O-]. The predicted octanol–water partition coefficient (Wildman–Crippen LogP) is 3.76. The average Bonchev–Trinajstić information content (AvgIpc) is 3.40. The molecule has 5 aliphatic rings. The van der Waals surface area contributed by atoms with Crippen molar-refractivity contribution in [2.24, 2.45) is 11.8 Å². The number of likely N-dealkylation sites (tertiary alicyclic amines) is 2. The van der Waals surface area contributed by atoms with E-state index >= 15 is 0 Å². The van der Waals surface area contributed by atoms with Crippen LogP contribution in [-0.2, 0) is 20.8 Å². The van der Waals surface area contributed by atoms with Crippen molar-refractivity contribution in [2.45, 2.75) is 57.1 Å². The Balaban J connectivity index is 1.41. The lowest BCUT2D eigenvalue weighted by Crippen LogP contribution is -2.78. The zero-order chi connectivity index (χ0) is 30.6. The number of piperidine rings is 1. The van der Waals surface area contributed by atoms with Crippen molar-refractivity contribution in [3.05, 3.63) is 80.9 Å². The molecule has 2 amide bonds. The summed E-state index contributed by atoms with van der Waals surface area (Å²) in [5.74, 6) is -1.38. The third-order valence-electron chi connectivity index (χ3n) is 9.88. The van der Waals surface area contributed by atoms with Gasteiger partial charge in [-0.25, -0.2) is 9.28 Å². The van der Waals surface area contributed by atoms with E-state index in [2.05, 4.69) is 0 Å². The summed E-state index contributed by atoms with van der Waals surface area (Å²) < 4.78 is 11.2. The second-order valence-corrected chi connectivity index (χ2v) is 13.0. The van der Waals surface area contributed by atoms with Gasteiger partial charge in [0.1, 0.15) is 18.2 Å². The number of rotatable bonds is 5. The van der Waals surface area contributed by atoms with Gasteiger partial charge in [0.15, 0.2) is 6.04 Å². The Morgan fingerprint density at radius 3 is 2.49 bits per heavy atom. The Kier molecular flexibility index (Phi) is 5.65. The van der Waals surface area contributed by atoms with Gasteiger partial charge in [-0.05, 0) is 73.7 Å². The Morgan fingerprint density at radius 2 is 1.86 bits per heavy atom. The monoisotopic (exact) mass is 585 g/mol. The number of Topliss-reactive ketones (excluding diaryl/α,β-unsaturated/α-hetero) is 1. The standard InChI is InChI=1S/C32H31N3O8/c1-31(2,3)43-29(37)33-13-12-22-25-26(33)28(36)27(25)35(30(38)39,16-17-8-10-20(11-9-17)34(40)41)32(22,42-4)23-15-19-14-18-6-5-7-21(23)24(18)19/h5-11,14-15,22,25-27H,12-13,16H2,1-4H3/t22?,25-,26+,27?,32?,35?/m1/s1. The highest BCUT2D eigenvalue weighted by Crippen LogP contribution is 2.66. The van der Waals surface area contributed by atoms with Crippen molar-refractivity contribution in [1.29, 1.82) is 0 Å². The Labute approximate surface area is 247 Å². The molecule has 2 aliphatic heterocycles. The molecule has 0 aromatic heterocycles. The number of nitro benzene ring substituents is 1. The Bertz CT molecular complexity index is 1690. The Morgan fingerprint density at radius 1 is 1.14 bits per heavy atom. The third-order valence-corrected chi connectivity index (χ3v) is 9.88. The molecular formula is C32H31N3O8. The minimum atomic E-state index is -1.55. The molecule has 4 unspecified atom stereocenters. The van der Waals surface area contributed by atoms with E-state index in [-0.39, 0.29) is 24.6 Å². The van der Waals surface area contributed by atoms with Crippen LogP contribution in [0.4, 0.5) is 15.3 Å². The van der Waals surface area contributed by atoms with E-state index in [4.69, 9.17) is 9.47 Å². The molecule has 1 saturated carbocycles. The van der Waals surface area contributed by atoms with E-state index in [9.17, 15) is 29.6 Å². The summed E-state index contributed by atoms with van der Waals surface area (Å²) >= 11 is 0. The van der Waals surface area contributed by atoms with E-state index in [0.717, 1.165) is 22.3 Å². The highest BCUT2D eigenvalue weighted by Gasteiger charge is 2.84. The fourth-order valence-corrected chi connectivity index (χ4v) is 8.44. The lowest BCUT2D eigenvalue weighted by molar-refractivity contribution is -0.955. The molecule has 3 fully saturated rings. The maximum absolute atomic E-state index is 14.2. The largest absolute Gasteiger partial charge is 0.498 e. The van der Waals surface area contributed by atoms with Crippen molar-refractivity contribution >= 4 is 40.9 Å². The maximum atomic E-state index is 14.2. The minimum absolute atomic E-state index is 0.134. The topological polar surface area (TPSA) is 139 Å². The van der Waals surface area contributed by atoms with E-state index in [1.165, 1.54) is 36.3 Å². The van der Waals surface area contributed by atoms with Gasteiger partial charge in [-0.1, -0.05) is 18.2 Å². The minimum Gasteiger partial charge on any atom is -0.498 e. The van der Waals surface area contributed by atoms with Crippen LogP contribution in [0.5, 0.6) is 0 Å². The van der Waals surface area contributed by atoms with Gasteiger partial charge in [-0.2, -0.15) is 0 Å². The molecule has 2 saturated heterocycles. The highest BCUT2D eigenvalue weighted by atomic mass is 16.6. The number of carbonyl (C=O) groups excluding carboxylic acids is 3. The first-order valence-corrected chi connectivity index (χ1v) is 14.3. The van der Waals surface area contributed by atoms with Gasteiger partial charge in [0, 0.05) is 31.4 Å². The number of carboxylic acid groups (broad SMARTS) is 1. The number of ketones is 1. The molecule has 0 bridgehead atoms. The summed E-state index contributed by atoms with van der Waals surface area (Å²) in [4.78, 5) is 53.4. The van der Waals surface area contributed by atoms with Crippen LogP contribution in [0, 0.1) is 22.0 Å². The first kappa shape index (κ1) is 27.5. The first-order chi connectivity index (χ1) is 20.4. The van der Waals surface area contributed by atoms with Crippen molar-refractivity contribution in [1.82, 2.24) is 4.90 Å². The maximum Gasteiger partial charge on any atom is 0.410 e. The number of nitrogens with zero attached hydrogens (tertiary/aromatic N) is 3. The molecule has 11 nitrogen and oxygen atoms in total. The van der Waals surface area contributed by atoms with Gasteiger partial charge in [-0.3, -0.25) is 19.8 Å². The van der Waals surface area contributed by atoms with Gasteiger partial charge in [-0.15, -0.1) is 0 Å². The number of methoxy groups -OCH3 is 1. The molecule has 6 atom stereocenters. The summed E-state index contributed by atoms with van der Waals surface area (Å²) in [6, 6.07) is 9.57. The normalized spacial score (nSPS) is 31.3. The van der Waals surface area contributed by atoms with Crippen LogP contribution in [0.15, 0.2) is 48.5 Å². The van der Waals surface area contributed by atoms with Crippen LogP contribution in [0.3, 0.4) is 0 Å². The second-order valence-electron chi connectivity index (χ2n) is 13.0. The lowest BCUT2D eigenvalue weighted by atomic mass is 9.63. The summed E-state index contributed by atoms with van der Waals surface area (Å²) in [6.07, 6.45) is 2.26. The fourth-order valence-electron chi connectivity index (χ4n) is 8.44. The van der Waals surface area contributed by atoms with Gasteiger partial charge < -0.3 is 19.4 Å². The number of amides is 2. The third kappa shape index (κ3) is 3.40. The highest BCUT2D eigenvalue weighted by molar-refractivity contribution is 6.12. The molecule has 11 heteroatoms. The van der Waals surface area contributed by atoms with Crippen LogP contribution in [0.2, 0.25) is 0 Å². The van der Waals surface area contributed by atoms with Crippen LogP contribution in [0.25, 0.3) is 17.2 Å². The zero-order valence-electron chi connectivity index (χ0n) is 24.2. The van der Waals surface area contributed by atoms with E-state index in [1.54, 1.807) is 20.8 Å². The smallest absolute Gasteiger partial charge is 0.410 e. The predicted molar refractivity (Wildman–Crippen MR) is 152 cm³/mol. The van der Waals surface area contributed by atoms with Gasteiger partial charge in [0.25, 0.3) is 11.8 Å². The summed E-state index contributed by atoms with van der Waals surface area (Å²) in [7, 11) is 1.47. The lowest BCUT2D eigenvalue weighted by Gasteiger charge is -2.53. The molecule has 43 heavy (non-hydrogen) atoms. The second kappa shape index (κ2) is 8.84. The molecule has 7 rings (SSSR count). The summed E-state index contributed by atoms with van der Waals surface area (Å²) in [6.45, 7) is 5.24. The molecule has 0 radical (unpaired) electrons. The molecule has 222 valence electrons. The summed E-state index contributed by atoms with van der Waals surface area (Å²) in [5.41, 5.74) is 2.57. The number of nitro groups is 1. The first-order valence-electron chi connectivity index (χ1n) is 14.3. The molecular weight excluding hydrogens is 554 g/mol. The van der Waals surface area contributed by atoms with Crippen molar-refractivity contribution in [3.8, 4) is 0 Å². The van der Waals surface area contributed by atoms with Crippen molar-refractivity contribution < 1.29 is 38.4 Å². The van der Waals surface area contributed by atoms with E-state index in [0.29, 0.717) is 17.6 Å². The molecule has 3 aliphatic carbocycles. The quantitative estimate of drug-likeness (QED) is 0.294. The molecule has 2 heterocycles. The average molecular weight is 586 g/mol. The summed E-state index contributed by atoms with van der Waals surface area (Å²) in [5, 5.41) is 25.1. The number of benzene rings is 2. The van der Waals surface area contributed by atoms with Gasteiger partial charge in [0.2, 0.25) is 11.5 Å². The number of carbonyl (C=O) groups is 3. The van der Waals surface area contributed by atoms with Gasteiger partial charge in [0.05, 0.1) is 22.3 Å². The number of hydrogen-bond donors (Lipinski definition) is 0. The number of quaternary nitrogens is 1. The Hall–Kier alpha value is -4.35. The number of hydrogen-bond acceptors (Lipinski definition) is 8. The molecule has 2 aromatic carbocycles. The fraction of sp³-hybridized carbons (Fsp3) is 0.406. The van der Waals surface area contributed by atoms with Crippen molar-refractivity contribution in [3.63, 3.8) is 0 Å². The van der Waals surface area contributed by atoms with E-state index in [1.807, 2.05) is 30.4 Å². The molecule has 0 N–H and O–H groups in total. The van der Waals surface area contributed by atoms with Crippen LogP contribution in [0.1, 0.15) is 49.4 Å². The van der Waals surface area contributed by atoms with Crippen LogP contribution >= 0.6 is 0 Å². The number of ether oxygens (including phenoxy) is 2. The van der Waals surface area contributed by atoms with E-state index < -0.39 is 56.8 Å². The van der Waals surface area contributed by atoms with Crippen LogP contribution in [-0.4, -0.2) is 69.3 Å². The zero-order valence-corrected chi connectivity index (χ0v) is 24.2. The molecule has 0 spiro atoms. The van der Waals surface area contributed by atoms with Crippen LogP contribution < -0.4 is 5.11 Å². The van der Waals surface area contributed by atoms with Gasteiger partial charge >= 0.3 is 6.09 Å². The van der Waals surface area contributed by atoms with Crippen molar-refractivity contribution in [2.75, 3.05) is 13.7 Å². The molecule has 2 aromatic rings.